The number of methoxy groups -OCH3 is 1. The van der Waals surface area contributed by atoms with Crippen molar-refractivity contribution in [3.63, 3.8) is 0 Å². The third-order valence-electron chi connectivity index (χ3n) is 2.27. The van der Waals surface area contributed by atoms with Gasteiger partial charge in [0, 0.05) is 12.5 Å². The van der Waals surface area contributed by atoms with Crippen molar-refractivity contribution in [1.29, 1.82) is 0 Å². The molecule has 4 nitrogen and oxygen atoms in total. The lowest BCUT2D eigenvalue weighted by atomic mass is 10.0. The van der Waals surface area contributed by atoms with Gasteiger partial charge in [0.1, 0.15) is 5.75 Å². The van der Waals surface area contributed by atoms with E-state index in [-0.39, 0.29) is 11.9 Å². The average molecular weight is 208 g/mol. The van der Waals surface area contributed by atoms with Gasteiger partial charge < -0.3 is 15.8 Å². The van der Waals surface area contributed by atoms with Gasteiger partial charge in [0.15, 0.2) is 0 Å². The fourth-order valence-corrected chi connectivity index (χ4v) is 1.42. The maximum Gasteiger partial charge on any atom is 0.219 e. The maximum absolute atomic E-state index is 10.8. The number of nitrogens with one attached hydrogen (secondary N) is 1. The molecule has 82 valence electrons. The Balaban J connectivity index is 2.78. The molecule has 1 atom stereocenters. The molecule has 0 aliphatic heterocycles. The van der Waals surface area contributed by atoms with Crippen LogP contribution in [-0.2, 0) is 4.79 Å². The molecule has 15 heavy (non-hydrogen) atoms. The third kappa shape index (κ3) is 3.25. The largest absolute Gasteiger partial charge is 0.497 e. The molecule has 1 aromatic carbocycles. The molecule has 0 bridgehead atoms. The summed E-state index contributed by atoms with van der Waals surface area (Å²) in [5.41, 5.74) is 6.18. The van der Waals surface area contributed by atoms with E-state index < -0.39 is 0 Å². The van der Waals surface area contributed by atoms with E-state index in [4.69, 9.17) is 10.5 Å². The zero-order chi connectivity index (χ0) is 11.3. The van der Waals surface area contributed by atoms with Gasteiger partial charge in [-0.15, -0.1) is 0 Å². The molecule has 0 aromatic heterocycles. The Bertz CT molecular complexity index is 322. The molecule has 0 fully saturated rings. The molecule has 4 heteroatoms. The standard InChI is InChI=1S/C11H16N2O2/c1-13-10(7-11(12)14)8-3-5-9(15-2)6-4-8/h3-6,10,13H,7H2,1-2H3,(H2,12,14). The molecule has 1 aromatic rings. The molecule has 0 heterocycles. The van der Waals surface area contributed by atoms with Gasteiger partial charge in [-0.25, -0.2) is 0 Å². The Labute approximate surface area is 89.4 Å². The second-order valence-electron chi connectivity index (χ2n) is 3.28. The summed E-state index contributed by atoms with van der Waals surface area (Å²) in [6.45, 7) is 0. The van der Waals surface area contributed by atoms with Crippen LogP contribution in [0.1, 0.15) is 18.0 Å². The van der Waals surface area contributed by atoms with Crippen LogP contribution in [0.2, 0.25) is 0 Å². The van der Waals surface area contributed by atoms with Gasteiger partial charge in [-0.05, 0) is 24.7 Å². The van der Waals surface area contributed by atoms with Crippen LogP contribution in [0.5, 0.6) is 5.75 Å². The first-order chi connectivity index (χ1) is 7.17. The van der Waals surface area contributed by atoms with Crippen LogP contribution in [0, 0.1) is 0 Å². The first-order valence-corrected chi connectivity index (χ1v) is 4.77. The molecule has 1 unspecified atom stereocenters. The number of amides is 1. The van der Waals surface area contributed by atoms with E-state index in [0.29, 0.717) is 6.42 Å². The Kier molecular flexibility index (Phi) is 4.12. The van der Waals surface area contributed by atoms with Gasteiger partial charge in [0.2, 0.25) is 5.91 Å². The van der Waals surface area contributed by atoms with E-state index in [2.05, 4.69) is 5.32 Å². The topological polar surface area (TPSA) is 64.3 Å². The molecule has 0 radical (unpaired) electrons. The van der Waals surface area contributed by atoms with Gasteiger partial charge in [0.25, 0.3) is 0 Å². The van der Waals surface area contributed by atoms with Crippen LogP contribution >= 0.6 is 0 Å². The van der Waals surface area contributed by atoms with Crippen LogP contribution in [0.4, 0.5) is 0 Å². The number of rotatable bonds is 5. The summed E-state index contributed by atoms with van der Waals surface area (Å²) in [4.78, 5) is 10.8. The van der Waals surface area contributed by atoms with Crippen molar-refractivity contribution in [2.45, 2.75) is 12.5 Å². The van der Waals surface area contributed by atoms with E-state index in [1.54, 1.807) is 14.2 Å². The number of primary amides is 1. The summed E-state index contributed by atoms with van der Waals surface area (Å²) in [7, 11) is 3.42. The number of benzene rings is 1. The van der Waals surface area contributed by atoms with Crippen molar-refractivity contribution < 1.29 is 9.53 Å². The highest BCUT2D eigenvalue weighted by Gasteiger charge is 2.11. The first kappa shape index (κ1) is 11.5. The maximum atomic E-state index is 10.8. The van der Waals surface area contributed by atoms with E-state index >= 15 is 0 Å². The summed E-state index contributed by atoms with van der Waals surface area (Å²) in [6.07, 6.45) is 0.294. The summed E-state index contributed by atoms with van der Waals surface area (Å²) in [6, 6.07) is 7.53. The SMILES string of the molecule is CNC(CC(N)=O)c1ccc(OC)cc1. The lowest BCUT2D eigenvalue weighted by molar-refractivity contribution is -0.118. The van der Waals surface area contributed by atoms with Crippen molar-refractivity contribution in [3.05, 3.63) is 29.8 Å². The molecule has 0 aliphatic carbocycles. The molecule has 0 saturated heterocycles. The highest BCUT2D eigenvalue weighted by Crippen LogP contribution is 2.19. The molecule has 0 aliphatic rings. The van der Waals surface area contributed by atoms with E-state index in [0.717, 1.165) is 11.3 Å². The van der Waals surface area contributed by atoms with Gasteiger partial charge in [-0.2, -0.15) is 0 Å². The second-order valence-corrected chi connectivity index (χ2v) is 3.28. The average Bonchev–Trinajstić information content (AvgIpc) is 2.26. The first-order valence-electron chi connectivity index (χ1n) is 4.77. The summed E-state index contributed by atoms with van der Waals surface area (Å²) >= 11 is 0. The zero-order valence-corrected chi connectivity index (χ0v) is 8.99. The Morgan fingerprint density at radius 3 is 2.47 bits per heavy atom. The van der Waals surface area contributed by atoms with Crippen molar-refractivity contribution in [3.8, 4) is 5.75 Å². The normalized spacial score (nSPS) is 12.1. The van der Waals surface area contributed by atoms with Crippen LogP contribution in [0.3, 0.4) is 0 Å². The smallest absolute Gasteiger partial charge is 0.219 e. The third-order valence-corrected chi connectivity index (χ3v) is 2.27. The van der Waals surface area contributed by atoms with Crippen LogP contribution < -0.4 is 15.8 Å². The molecular formula is C11H16N2O2. The number of carbonyl (C=O) groups is 1. The number of nitrogens with two attached hydrogens (primary N) is 1. The summed E-state index contributed by atoms with van der Waals surface area (Å²) < 4.78 is 5.05. The zero-order valence-electron chi connectivity index (χ0n) is 8.99. The van der Waals surface area contributed by atoms with Crippen molar-refractivity contribution in [2.75, 3.05) is 14.2 Å². The van der Waals surface area contributed by atoms with Crippen LogP contribution in [0.25, 0.3) is 0 Å². The number of carbonyl (C=O) groups excluding carboxylic acids is 1. The highest BCUT2D eigenvalue weighted by atomic mass is 16.5. The Morgan fingerprint density at radius 2 is 2.07 bits per heavy atom. The molecule has 0 spiro atoms. The monoisotopic (exact) mass is 208 g/mol. The molecule has 1 rings (SSSR count). The minimum atomic E-state index is -0.315. The quantitative estimate of drug-likeness (QED) is 0.753. The highest BCUT2D eigenvalue weighted by molar-refractivity contribution is 5.74. The fraction of sp³-hybridized carbons (Fsp3) is 0.364. The second kappa shape index (κ2) is 5.36. The predicted octanol–water partition coefficient (Wildman–Crippen LogP) is 0.831. The number of hydrogen-bond acceptors (Lipinski definition) is 3. The van der Waals surface area contributed by atoms with Gasteiger partial charge in [-0.1, -0.05) is 12.1 Å². The number of hydrogen-bond donors (Lipinski definition) is 2. The van der Waals surface area contributed by atoms with Gasteiger partial charge >= 0.3 is 0 Å². The van der Waals surface area contributed by atoms with E-state index in [9.17, 15) is 4.79 Å². The molecule has 3 N–H and O–H groups in total. The Hall–Kier alpha value is -1.55. The summed E-state index contributed by atoms with van der Waals surface area (Å²) in [5.74, 6) is 0.484. The predicted molar refractivity (Wildman–Crippen MR) is 58.6 cm³/mol. The van der Waals surface area contributed by atoms with E-state index in [1.807, 2.05) is 24.3 Å². The van der Waals surface area contributed by atoms with Crippen molar-refractivity contribution in [2.24, 2.45) is 5.73 Å². The number of ether oxygens (including phenoxy) is 1. The summed E-state index contributed by atoms with van der Waals surface area (Å²) in [5, 5.41) is 3.05. The van der Waals surface area contributed by atoms with Crippen molar-refractivity contribution >= 4 is 5.91 Å². The van der Waals surface area contributed by atoms with Gasteiger partial charge in [0.05, 0.1) is 7.11 Å². The lowest BCUT2D eigenvalue weighted by Gasteiger charge is -2.14. The van der Waals surface area contributed by atoms with E-state index in [1.165, 1.54) is 0 Å². The molecular weight excluding hydrogens is 192 g/mol. The molecule has 1 amide bonds. The lowest BCUT2D eigenvalue weighted by Crippen LogP contribution is -2.23. The van der Waals surface area contributed by atoms with Crippen LogP contribution in [-0.4, -0.2) is 20.1 Å². The van der Waals surface area contributed by atoms with Gasteiger partial charge in [-0.3, -0.25) is 4.79 Å². The minimum absolute atomic E-state index is 0.0339. The van der Waals surface area contributed by atoms with Crippen LogP contribution in [0.15, 0.2) is 24.3 Å². The molecule has 0 saturated carbocycles. The Morgan fingerprint density at radius 1 is 1.47 bits per heavy atom. The fourth-order valence-electron chi connectivity index (χ4n) is 1.42. The minimum Gasteiger partial charge on any atom is -0.497 e. The van der Waals surface area contributed by atoms with Crippen molar-refractivity contribution in [1.82, 2.24) is 5.32 Å².